The van der Waals surface area contributed by atoms with Gasteiger partial charge in [0, 0.05) is 18.2 Å². The fourth-order valence-electron chi connectivity index (χ4n) is 2.65. The summed E-state index contributed by atoms with van der Waals surface area (Å²) in [6.07, 6.45) is 4.29. The zero-order valence-corrected chi connectivity index (χ0v) is 12.5. The van der Waals surface area contributed by atoms with Crippen molar-refractivity contribution in [3.63, 3.8) is 0 Å². The van der Waals surface area contributed by atoms with Crippen molar-refractivity contribution in [2.24, 2.45) is 4.99 Å². The molecule has 0 fully saturated rings. The van der Waals surface area contributed by atoms with E-state index < -0.39 is 0 Å². The molecule has 0 amide bonds. The largest absolute Gasteiger partial charge is 0.261 e. The summed E-state index contributed by atoms with van der Waals surface area (Å²) in [7, 11) is 0. The van der Waals surface area contributed by atoms with Crippen molar-refractivity contribution in [3.05, 3.63) is 78.1 Å². The first kappa shape index (κ1) is 14.5. The number of nitrogens with zero attached hydrogens (tertiary/aromatic N) is 1. The van der Waals surface area contributed by atoms with Crippen LogP contribution in [0.4, 0.5) is 10.1 Å². The lowest BCUT2D eigenvalue weighted by atomic mass is 9.95. The Balaban J connectivity index is 1.66. The molecule has 1 heterocycles. The second-order valence-electron chi connectivity index (χ2n) is 5.55. The number of hydrogen-bond donors (Lipinski definition) is 0. The van der Waals surface area contributed by atoms with Gasteiger partial charge in [-0.3, -0.25) is 4.99 Å². The Morgan fingerprint density at radius 1 is 1.05 bits per heavy atom. The summed E-state index contributed by atoms with van der Waals surface area (Å²) in [4.78, 5) is 4.36. The number of aliphatic imine (C=N–C) groups is 1. The fourth-order valence-corrected chi connectivity index (χ4v) is 2.65. The summed E-state index contributed by atoms with van der Waals surface area (Å²) in [6.45, 7) is 8.16. The summed E-state index contributed by atoms with van der Waals surface area (Å²) in [5, 5.41) is 0. The first-order valence-electron chi connectivity index (χ1n) is 7.41. The maximum absolute atomic E-state index is 13.7. The quantitative estimate of drug-likeness (QED) is 0.681. The average Bonchev–Trinajstić information content (AvgIpc) is 3.00. The van der Waals surface area contributed by atoms with E-state index in [2.05, 4.69) is 36.3 Å². The number of halogens is 1. The van der Waals surface area contributed by atoms with Crippen LogP contribution >= 0.6 is 0 Å². The number of benzene rings is 2. The normalized spacial score (nSPS) is 12.2. The van der Waals surface area contributed by atoms with Crippen molar-refractivity contribution in [1.82, 2.24) is 0 Å². The van der Waals surface area contributed by atoms with Gasteiger partial charge in [0.05, 0.1) is 5.69 Å². The molecule has 0 bridgehead atoms. The SMILES string of the molecule is C=C(CCC(=C)c1ccccc1F)c1ccc2c(c1)N=CC2. The van der Waals surface area contributed by atoms with E-state index in [1.54, 1.807) is 12.1 Å². The Morgan fingerprint density at radius 3 is 2.64 bits per heavy atom. The molecule has 22 heavy (non-hydrogen) atoms. The zero-order valence-electron chi connectivity index (χ0n) is 12.5. The molecule has 0 atom stereocenters. The molecular formula is C20H18FN. The highest BCUT2D eigenvalue weighted by Crippen LogP contribution is 2.31. The minimum Gasteiger partial charge on any atom is -0.261 e. The first-order valence-corrected chi connectivity index (χ1v) is 7.41. The highest BCUT2D eigenvalue weighted by atomic mass is 19.1. The third-order valence-electron chi connectivity index (χ3n) is 4.02. The van der Waals surface area contributed by atoms with Gasteiger partial charge in [-0.1, -0.05) is 43.5 Å². The van der Waals surface area contributed by atoms with Crippen molar-refractivity contribution in [2.45, 2.75) is 19.3 Å². The number of allylic oxidation sites excluding steroid dienone is 2. The lowest BCUT2D eigenvalue weighted by Gasteiger charge is -2.10. The minimum absolute atomic E-state index is 0.218. The molecule has 110 valence electrons. The van der Waals surface area contributed by atoms with Crippen LogP contribution in [0.3, 0.4) is 0 Å². The summed E-state index contributed by atoms with van der Waals surface area (Å²) in [5.74, 6) is -0.218. The van der Waals surface area contributed by atoms with Crippen molar-refractivity contribution in [3.8, 4) is 0 Å². The van der Waals surface area contributed by atoms with E-state index >= 15 is 0 Å². The van der Waals surface area contributed by atoms with Crippen LogP contribution in [-0.2, 0) is 6.42 Å². The van der Waals surface area contributed by atoms with Gasteiger partial charge in [0.1, 0.15) is 5.82 Å². The Bertz CT molecular complexity index is 771. The number of fused-ring (bicyclic) bond motifs is 1. The van der Waals surface area contributed by atoms with Crippen LogP contribution in [-0.4, -0.2) is 6.21 Å². The van der Waals surface area contributed by atoms with E-state index in [9.17, 15) is 4.39 Å². The Morgan fingerprint density at radius 2 is 1.82 bits per heavy atom. The van der Waals surface area contributed by atoms with Crippen molar-refractivity contribution >= 4 is 23.0 Å². The molecule has 0 aromatic heterocycles. The molecule has 2 aromatic rings. The molecule has 0 N–H and O–H groups in total. The van der Waals surface area contributed by atoms with Crippen molar-refractivity contribution < 1.29 is 4.39 Å². The van der Waals surface area contributed by atoms with Gasteiger partial charge < -0.3 is 0 Å². The third-order valence-corrected chi connectivity index (χ3v) is 4.02. The molecule has 0 unspecified atom stereocenters. The molecule has 3 rings (SSSR count). The van der Waals surface area contributed by atoms with Crippen molar-refractivity contribution in [1.29, 1.82) is 0 Å². The Labute approximate surface area is 130 Å². The second kappa shape index (κ2) is 6.10. The van der Waals surface area contributed by atoms with Crippen LogP contribution in [0, 0.1) is 5.82 Å². The maximum Gasteiger partial charge on any atom is 0.130 e. The molecular weight excluding hydrogens is 273 g/mol. The average molecular weight is 291 g/mol. The van der Waals surface area contributed by atoms with Crippen LogP contribution in [0.5, 0.6) is 0 Å². The smallest absolute Gasteiger partial charge is 0.130 e. The van der Waals surface area contributed by atoms with Gasteiger partial charge in [0.2, 0.25) is 0 Å². The van der Waals surface area contributed by atoms with Gasteiger partial charge in [0.25, 0.3) is 0 Å². The number of rotatable bonds is 5. The Kier molecular flexibility index (Phi) is 4.01. The standard InChI is InChI=1S/C20H18FN/c1-14(17-10-9-16-11-12-22-20(16)13-17)7-8-15(2)18-5-3-4-6-19(18)21/h3-6,9-10,12-13H,1-2,7-8,11H2. The third kappa shape index (κ3) is 2.91. The highest BCUT2D eigenvalue weighted by Gasteiger charge is 2.10. The summed E-state index contributed by atoms with van der Waals surface area (Å²) in [5.41, 5.74) is 5.81. The number of hydrogen-bond acceptors (Lipinski definition) is 1. The predicted octanol–water partition coefficient (Wildman–Crippen LogP) is 5.59. The first-order chi connectivity index (χ1) is 10.6. The van der Waals surface area contributed by atoms with Gasteiger partial charge >= 0.3 is 0 Å². The lowest BCUT2D eigenvalue weighted by Crippen LogP contribution is -1.90. The summed E-state index contributed by atoms with van der Waals surface area (Å²) < 4.78 is 13.7. The molecule has 1 aliphatic heterocycles. The van der Waals surface area contributed by atoms with Gasteiger partial charge in [-0.2, -0.15) is 0 Å². The van der Waals surface area contributed by atoms with Crippen molar-refractivity contribution in [2.75, 3.05) is 0 Å². The molecule has 0 saturated carbocycles. The lowest BCUT2D eigenvalue weighted by molar-refractivity contribution is 0.623. The molecule has 0 spiro atoms. The fraction of sp³-hybridized carbons (Fsp3) is 0.150. The van der Waals surface area contributed by atoms with Gasteiger partial charge in [-0.05, 0) is 47.2 Å². The molecule has 1 nitrogen and oxygen atoms in total. The van der Waals surface area contributed by atoms with Crippen LogP contribution in [0.15, 0.2) is 60.6 Å². The second-order valence-corrected chi connectivity index (χ2v) is 5.55. The van der Waals surface area contributed by atoms with E-state index in [-0.39, 0.29) is 5.82 Å². The van der Waals surface area contributed by atoms with E-state index in [1.807, 2.05) is 12.3 Å². The predicted molar refractivity (Wildman–Crippen MR) is 92.0 cm³/mol. The van der Waals surface area contributed by atoms with Crippen LogP contribution < -0.4 is 0 Å². The summed E-state index contributed by atoms with van der Waals surface area (Å²) in [6, 6.07) is 13.0. The molecule has 2 heteroatoms. The Hall–Kier alpha value is -2.48. The van der Waals surface area contributed by atoms with E-state index in [0.717, 1.165) is 35.2 Å². The molecule has 0 saturated heterocycles. The van der Waals surface area contributed by atoms with Crippen LogP contribution in [0.2, 0.25) is 0 Å². The van der Waals surface area contributed by atoms with E-state index in [0.29, 0.717) is 12.0 Å². The minimum atomic E-state index is -0.218. The van der Waals surface area contributed by atoms with E-state index in [1.165, 1.54) is 11.6 Å². The summed E-state index contributed by atoms with van der Waals surface area (Å²) >= 11 is 0. The van der Waals surface area contributed by atoms with Gasteiger partial charge in [-0.15, -0.1) is 0 Å². The van der Waals surface area contributed by atoms with Gasteiger partial charge in [-0.25, -0.2) is 4.39 Å². The van der Waals surface area contributed by atoms with Gasteiger partial charge in [0.15, 0.2) is 0 Å². The maximum atomic E-state index is 13.7. The zero-order chi connectivity index (χ0) is 15.5. The van der Waals surface area contributed by atoms with Crippen LogP contribution in [0.25, 0.3) is 11.1 Å². The monoisotopic (exact) mass is 291 g/mol. The molecule has 1 aliphatic rings. The molecule has 0 aliphatic carbocycles. The van der Waals surface area contributed by atoms with E-state index in [4.69, 9.17) is 0 Å². The van der Waals surface area contributed by atoms with Crippen LogP contribution in [0.1, 0.15) is 29.5 Å². The molecule has 0 radical (unpaired) electrons. The molecule has 2 aromatic carbocycles. The highest BCUT2D eigenvalue weighted by molar-refractivity contribution is 5.79. The topological polar surface area (TPSA) is 12.4 Å².